The number of amides is 1. The van der Waals surface area contributed by atoms with Crippen molar-refractivity contribution >= 4 is 5.91 Å². The second-order valence-electron chi connectivity index (χ2n) is 5.96. The lowest BCUT2D eigenvalue weighted by atomic mass is 10.0. The molecule has 1 saturated carbocycles. The van der Waals surface area contributed by atoms with Crippen molar-refractivity contribution in [1.82, 2.24) is 9.47 Å². The van der Waals surface area contributed by atoms with E-state index in [1.807, 2.05) is 25.4 Å². The van der Waals surface area contributed by atoms with Gasteiger partial charge in [-0.15, -0.1) is 0 Å². The van der Waals surface area contributed by atoms with Crippen LogP contribution in [0.25, 0.3) is 0 Å². The molecule has 2 N–H and O–H groups in total. The Morgan fingerprint density at radius 3 is 2.79 bits per heavy atom. The van der Waals surface area contributed by atoms with Gasteiger partial charge in [-0.1, -0.05) is 13.8 Å². The van der Waals surface area contributed by atoms with Crippen molar-refractivity contribution in [3.8, 4) is 0 Å². The van der Waals surface area contributed by atoms with E-state index in [1.165, 1.54) is 12.8 Å². The predicted octanol–water partition coefficient (Wildman–Crippen LogP) is 2.27. The lowest BCUT2D eigenvalue weighted by Crippen LogP contribution is -2.35. The van der Waals surface area contributed by atoms with Gasteiger partial charge in [0.05, 0.1) is 0 Å². The zero-order valence-electron chi connectivity index (χ0n) is 12.2. The van der Waals surface area contributed by atoms with E-state index in [4.69, 9.17) is 5.73 Å². The molecule has 106 valence electrons. The van der Waals surface area contributed by atoms with E-state index in [1.54, 1.807) is 4.90 Å². The molecule has 1 atom stereocenters. The van der Waals surface area contributed by atoms with Gasteiger partial charge in [0.1, 0.15) is 5.69 Å². The smallest absolute Gasteiger partial charge is 0.270 e. The van der Waals surface area contributed by atoms with Crippen LogP contribution in [0.1, 0.15) is 49.6 Å². The molecule has 1 heterocycles. The fourth-order valence-electron chi connectivity index (χ4n) is 2.22. The third kappa shape index (κ3) is 3.38. The Morgan fingerprint density at radius 1 is 1.53 bits per heavy atom. The summed E-state index contributed by atoms with van der Waals surface area (Å²) in [7, 11) is 1.86. The first-order valence-electron chi connectivity index (χ1n) is 7.18. The normalized spacial score (nSPS) is 16.7. The molecule has 1 aliphatic rings. The highest BCUT2D eigenvalue weighted by molar-refractivity contribution is 5.92. The van der Waals surface area contributed by atoms with E-state index < -0.39 is 0 Å². The number of carbonyl (C=O) groups excluding carboxylic acids is 1. The van der Waals surface area contributed by atoms with Crippen LogP contribution in [-0.4, -0.2) is 35.0 Å². The summed E-state index contributed by atoms with van der Waals surface area (Å²) in [6.07, 6.45) is 5.25. The summed E-state index contributed by atoms with van der Waals surface area (Å²) in [6.45, 7) is 4.95. The molecule has 0 saturated heterocycles. The van der Waals surface area contributed by atoms with Crippen LogP contribution < -0.4 is 5.73 Å². The molecular weight excluding hydrogens is 238 g/mol. The average Bonchev–Trinajstić information content (AvgIpc) is 3.12. The summed E-state index contributed by atoms with van der Waals surface area (Å²) < 4.78 is 2.11. The average molecular weight is 263 g/mol. The van der Waals surface area contributed by atoms with Gasteiger partial charge in [0.25, 0.3) is 5.91 Å². The summed E-state index contributed by atoms with van der Waals surface area (Å²) in [5, 5.41) is 0. The van der Waals surface area contributed by atoms with E-state index in [-0.39, 0.29) is 11.9 Å². The minimum absolute atomic E-state index is 0.104. The maximum Gasteiger partial charge on any atom is 0.270 e. The number of carbonyl (C=O) groups is 1. The van der Waals surface area contributed by atoms with Crippen molar-refractivity contribution in [2.45, 2.75) is 45.2 Å². The number of rotatable bonds is 6. The second-order valence-corrected chi connectivity index (χ2v) is 5.96. The molecule has 19 heavy (non-hydrogen) atoms. The standard InChI is InChI=1S/C15H25N3O/c1-11(2)13(16)8-10-17(3)15(19)14-5-4-9-18(14)12-6-7-12/h4-5,9,11-13H,6-8,10,16H2,1-3H3. The Balaban J connectivity index is 1.93. The lowest BCUT2D eigenvalue weighted by molar-refractivity contribution is 0.0778. The fraction of sp³-hybridized carbons (Fsp3) is 0.667. The topological polar surface area (TPSA) is 51.3 Å². The second kappa shape index (κ2) is 5.78. The zero-order chi connectivity index (χ0) is 14.0. The van der Waals surface area contributed by atoms with Crippen molar-refractivity contribution < 1.29 is 4.79 Å². The van der Waals surface area contributed by atoms with Crippen LogP contribution in [0.15, 0.2) is 18.3 Å². The number of nitrogens with zero attached hydrogens (tertiary/aromatic N) is 2. The van der Waals surface area contributed by atoms with Gasteiger partial charge in [-0.3, -0.25) is 4.79 Å². The monoisotopic (exact) mass is 263 g/mol. The van der Waals surface area contributed by atoms with Crippen molar-refractivity contribution in [1.29, 1.82) is 0 Å². The first-order chi connectivity index (χ1) is 9.00. The molecular formula is C15H25N3O. The molecule has 1 aromatic rings. The highest BCUT2D eigenvalue weighted by atomic mass is 16.2. The van der Waals surface area contributed by atoms with E-state index in [0.29, 0.717) is 18.5 Å². The Hall–Kier alpha value is -1.29. The van der Waals surface area contributed by atoms with Crippen LogP contribution in [-0.2, 0) is 0 Å². The van der Waals surface area contributed by atoms with Gasteiger partial charge < -0.3 is 15.2 Å². The summed E-state index contributed by atoms with van der Waals surface area (Å²) >= 11 is 0. The third-order valence-corrected chi connectivity index (χ3v) is 3.94. The first-order valence-corrected chi connectivity index (χ1v) is 7.18. The van der Waals surface area contributed by atoms with Crippen LogP contribution in [0.2, 0.25) is 0 Å². The molecule has 0 aliphatic heterocycles. The first kappa shape index (κ1) is 14.1. The van der Waals surface area contributed by atoms with Crippen LogP contribution >= 0.6 is 0 Å². The van der Waals surface area contributed by atoms with E-state index in [0.717, 1.165) is 12.1 Å². The molecule has 1 amide bonds. The number of hydrogen-bond acceptors (Lipinski definition) is 2. The SMILES string of the molecule is CC(C)C(N)CCN(C)C(=O)c1cccn1C1CC1. The maximum absolute atomic E-state index is 12.4. The molecule has 1 aliphatic carbocycles. The van der Waals surface area contributed by atoms with Gasteiger partial charge in [0.15, 0.2) is 0 Å². The minimum atomic E-state index is 0.104. The number of hydrogen-bond donors (Lipinski definition) is 1. The molecule has 0 aromatic carbocycles. The van der Waals surface area contributed by atoms with Gasteiger partial charge >= 0.3 is 0 Å². The molecule has 2 rings (SSSR count). The van der Waals surface area contributed by atoms with Gasteiger partial charge in [-0.25, -0.2) is 0 Å². The highest BCUT2D eigenvalue weighted by Gasteiger charge is 2.27. The van der Waals surface area contributed by atoms with Gasteiger partial charge in [0.2, 0.25) is 0 Å². The molecule has 1 aromatic heterocycles. The minimum Gasteiger partial charge on any atom is -0.340 e. The van der Waals surface area contributed by atoms with Crippen LogP contribution in [0.3, 0.4) is 0 Å². The zero-order valence-corrected chi connectivity index (χ0v) is 12.2. The third-order valence-electron chi connectivity index (χ3n) is 3.94. The fourth-order valence-corrected chi connectivity index (χ4v) is 2.22. The molecule has 4 heteroatoms. The van der Waals surface area contributed by atoms with Crippen LogP contribution in [0.5, 0.6) is 0 Å². The van der Waals surface area contributed by atoms with E-state index in [2.05, 4.69) is 18.4 Å². The summed E-state index contributed by atoms with van der Waals surface area (Å²) in [5.74, 6) is 0.562. The lowest BCUT2D eigenvalue weighted by Gasteiger charge is -2.22. The molecule has 1 fully saturated rings. The predicted molar refractivity (Wildman–Crippen MR) is 77.1 cm³/mol. The Bertz CT molecular complexity index is 434. The number of nitrogens with two attached hydrogens (primary N) is 1. The van der Waals surface area contributed by atoms with Gasteiger partial charge in [-0.05, 0) is 37.3 Å². The Labute approximate surface area is 115 Å². The maximum atomic E-state index is 12.4. The van der Waals surface area contributed by atoms with Crippen LogP contribution in [0, 0.1) is 5.92 Å². The van der Waals surface area contributed by atoms with Crippen molar-refractivity contribution in [3.63, 3.8) is 0 Å². The molecule has 1 unspecified atom stereocenters. The summed E-state index contributed by atoms with van der Waals surface area (Å²) in [6, 6.07) is 4.57. The highest BCUT2D eigenvalue weighted by Crippen LogP contribution is 2.36. The van der Waals surface area contributed by atoms with E-state index in [9.17, 15) is 4.79 Å². The quantitative estimate of drug-likeness (QED) is 0.856. The summed E-state index contributed by atoms with van der Waals surface area (Å²) in [4.78, 5) is 14.2. The van der Waals surface area contributed by atoms with Crippen molar-refractivity contribution in [2.24, 2.45) is 11.7 Å². The Kier molecular flexibility index (Phi) is 4.30. The summed E-state index contributed by atoms with van der Waals surface area (Å²) in [5.41, 5.74) is 6.84. The van der Waals surface area contributed by atoms with E-state index >= 15 is 0 Å². The molecule has 0 bridgehead atoms. The molecule has 0 radical (unpaired) electrons. The largest absolute Gasteiger partial charge is 0.340 e. The van der Waals surface area contributed by atoms with Gasteiger partial charge in [0, 0.05) is 31.9 Å². The molecule has 4 nitrogen and oxygen atoms in total. The molecule has 0 spiro atoms. The van der Waals surface area contributed by atoms with Crippen LogP contribution in [0.4, 0.5) is 0 Å². The Morgan fingerprint density at radius 2 is 2.21 bits per heavy atom. The number of aromatic nitrogens is 1. The van der Waals surface area contributed by atoms with Gasteiger partial charge in [-0.2, -0.15) is 0 Å². The van der Waals surface area contributed by atoms with Crippen molar-refractivity contribution in [3.05, 3.63) is 24.0 Å². The van der Waals surface area contributed by atoms with Crippen molar-refractivity contribution in [2.75, 3.05) is 13.6 Å².